The maximum atomic E-state index is 13.2. The van der Waals surface area contributed by atoms with Crippen LogP contribution < -0.4 is 4.72 Å². The van der Waals surface area contributed by atoms with Gasteiger partial charge in [-0.1, -0.05) is 38.2 Å². The summed E-state index contributed by atoms with van der Waals surface area (Å²) in [5.41, 5.74) is 0. The van der Waals surface area contributed by atoms with E-state index in [1.54, 1.807) is 0 Å². The van der Waals surface area contributed by atoms with Crippen molar-refractivity contribution in [2.75, 3.05) is 7.11 Å². The van der Waals surface area contributed by atoms with E-state index in [2.05, 4.69) is 4.72 Å². The number of halogens is 1. The van der Waals surface area contributed by atoms with Crippen LogP contribution in [0.4, 0.5) is 4.39 Å². The molecule has 1 N–H and O–H groups in total. The van der Waals surface area contributed by atoms with Crippen molar-refractivity contribution in [2.24, 2.45) is 5.92 Å². The fourth-order valence-corrected chi connectivity index (χ4v) is 4.21. The zero-order valence-corrected chi connectivity index (χ0v) is 13.9. The summed E-state index contributed by atoms with van der Waals surface area (Å²) in [5, 5.41) is 0. The van der Waals surface area contributed by atoms with Crippen LogP contribution in [0.1, 0.15) is 38.5 Å². The van der Waals surface area contributed by atoms with Crippen molar-refractivity contribution >= 4 is 16.0 Å². The summed E-state index contributed by atoms with van der Waals surface area (Å²) in [4.78, 5) is 11.7. The Bertz CT molecular complexity index is 641. The van der Waals surface area contributed by atoms with E-state index in [9.17, 15) is 17.6 Å². The molecule has 23 heavy (non-hydrogen) atoms. The minimum absolute atomic E-state index is 0.199. The van der Waals surface area contributed by atoms with Gasteiger partial charge in [-0.25, -0.2) is 12.8 Å². The molecular weight excluding hydrogens is 321 g/mol. The molecule has 0 heterocycles. The maximum Gasteiger partial charge on any atom is 0.323 e. The molecule has 0 aromatic heterocycles. The van der Waals surface area contributed by atoms with Gasteiger partial charge in [0.05, 0.1) is 12.0 Å². The number of hydrogen-bond donors (Lipinski definition) is 1. The van der Waals surface area contributed by atoms with E-state index in [0.717, 1.165) is 31.7 Å². The Hall–Kier alpha value is -1.47. The van der Waals surface area contributed by atoms with Gasteiger partial charge in [-0.2, -0.15) is 4.72 Å². The zero-order chi connectivity index (χ0) is 16.9. The molecule has 7 heteroatoms. The fraction of sp³-hybridized carbons (Fsp3) is 0.562. The summed E-state index contributed by atoms with van der Waals surface area (Å²) >= 11 is 0. The molecule has 128 valence electrons. The molecule has 0 spiro atoms. The van der Waals surface area contributed by atoms with Crippen molar-refractivity contribution in [1.82, 2.24) is 4.72 Å². The summed E-state index contributed by atoms with van der Waals surface area (Å²) in [6.45, 7) is 0. The molecule has 1 aliphatic carbocycles. The predicted octanol–water partition coefficient (Wildman–Crippen LogP) is 2.62. The summed E-state index contributed by atoms with van der Waals surface area (Å²) < 4.78 is 45.1. The van der Waals surface area contributed by atoms with Crippen LogP contribution in [-0.4, -0.2) is 27.5 Å². The van der Waals surface area contributed by atoms with Gasteiger partial charge in [0.2, 0.25) is 10.0 Å². The molecule has 5 nitrogen and oxygen atoms in total. The fourth-order valence-electron chi connectivity index (χ4n) is 2.98. The molecule has 1 aromatic rings. The third kappa shape index (κ3) is 5.00. The zero-order valence-electron chi connectivity index (χ0n) is 13.1. The molecule has 1 unspecified atom stereocenters. The average molecular weight is 343 g/mol. The molecule has 1 fully saturated rings. The van der Waals surface area contributed by atoms with Crippen molar-refractivity contribution < 1.29 is 22.3 Å². The first-order valence-electron chi connectivity index (χ1n) is 7.78. The van der Waals surface area contributed by atoms with E-state index in [-0.39, 0.29) is 4.90 Å². The van der Waals surface area contributed by atoms with Crippen molar-refractivity contribution in [3.05, 3.63) is 30.1 Å². The molecule has 1 aromatic carbocycles. The summed E-state index contributed by atoms with van der Waals surface area (Å²) in [5.74, 6) is -0.964. The van der Waals surface area contributed by atoms with Gasteiger partial charge in [0.25, 0.3) is 0 Å². The van der Waals surface area contributed by atoms with Gasteiger partial charge in [-0.15, -0.1) is 0 Å². The number of rotatable bonds is 6. The smallest absolute Gasteiger partial charge is 0.323 e. The van der Waals surface area contributed by atoms with Crippen LogP contribution in [-0.2, 0) is 19.6 Å². The average Bonchev–Trinajstić information content (AvgIpc) is 2.54. The third-order valence-electron chi connectivity index (χ3n) is 4.18. The number of methoxy groups -OCH3 is 1. The van der Waals surface area contributed by atoms with Crippen LogP contribution in [0.2, 0.25) is 0 Å². The molecule has 0 saturated heterocycles. The van der Waals surface area contributed by atoms with E-state index >= 15 is 0 Å². The molecular formula is C16H22FNO4S. The molecule has 1 atom stereocenters. The summed E-state index contributed by atoms with van der Waals surface area (Å²) in [6, 6.07) is 3.76. The van der Waals surface area contributed by atoms with Crippen LogP contribution in [0.5, 0.6) is 0 Å². The number of ether oxygens (including phenoxy) is 1. The second-order valence-corrected chi connectivity index (χ2v) is 7.61. The molecule has 0 amide bonds. The minimum Gasteiger partial charge on any atom is -0.468 e. The van der Waals surface area contributed by atoms with E-state index in [0.29, 0.717) is 12.3 Å². The van der Waals surface area contributed by atoms with Crippen LogP contribution in [0.3, 0.4) is 0 Å². The Morgan fingerprint density at radius 2 is 2.04 bits per heavy atom. The Balaban J connectivity index is 2.14. The van der Waals surface area contributed by atoms with Crippen LogP contribution >= 0.6 is 0 Å². The third-order valence-corrected chi connectivity index (χ3v) is 5.65. The van der Waals surface area contributed by atoms with Gasteiger partial charge in [0.15, 0.2) is 0 Å². The Labute approximate surface area is 136 Å². The van der Waals surface area contributed by atoms with Gasteiger partial charge in [0.1, 0.15) is 11.9 Å². The highest BCUT2D eigenvalue weighted by Gasteiger charge is 2.29. The first-order valence-corrected chi connectivity index (χ1v) is 9.26. The second-order valence-electron chi connectivity index (χ2n) is 5.89. The standard InChI is InChI=1S/C16H22FNO4S/c1-22-16(19)15(10-12-6-3-2-4-7-12)18-23(20,21)14-9-5-8-13(17)11-14/h5,8-9,11-12,15,18H,2-4,6-7,10H2,1H3. The normalized spacial score (nSPS) is 17.7. The van der Waals surface area contributed by atoms with Crippen molar-refractivity contribution in [3.63, 3.8) is 0 Å². The molecule has 2 rings (SSSR count). The monoisotopic (exact) mass is 343 g/mol. The lowest BCUT2D eigenvalue weighted by Gasteiger charge is -2.25. The van der Waals surface area contributed by atoms with Crippen LogP contribution in [0, 0.1) is 11.7 Å². The van der Waals surface area contributed by atoms with Crippen molar-refractivity contribution in [1.29, 1.82) is 0 Å². The minimum atomic E-state index is -3.98. The van der Waals surface area contributed by atoms with Gasteiger partial charge < -0.3 is 4.74 Å². The topological polar surface area (TPSA) is 72.5 Å². The van der Waals surface area contributed by atoms with E-state index < -0.39 is 27.9 Å². The molecule has 1 aliphatic rings. The Kier molecular flexibility index (Phi) is 6.12. The highest BCUT2D eigenvalue weighted by Crippen LogP contribution is 2.28. The van der Waals surface area contributed by atoms with E-state index in [1.165, 1.54) is 31.7 Å². The van der Waals surface area contributed by atoms with Crippen molar-refractivity contribution in [3.8, 4) is 0 Å². The van der Waals surface area contributed by atoms with E-state index in [1.807, 2.05) is 0 Å². The Morgan fingerprint density at radius 3 is 2.65 bits per heavy atom. The van der Waals surface area contributed by atoms with Gasteiger partial charge in [-0.3, -0.25) is 4.79 Å². The lowest BCUT2D eigenvalue weighted by molar-refractivity contribution is -0.143. The number of carbonyl (C=O) groups is 1. The molecule has 1 saturated carbocycles. The summed E-state index contributed by atoms with van der Waals surface area (Å²) in [7, 11) is -2.75. The summed E-state index contributed by atoms with van der Waals surface area (Å²) in [6.07, 6.45) is 5.73. The number of esters is 1. The van der Waals surface area contributed by atoms with Gasteiger partial charge in [0, 0.05) is 0 Å². The van der Waals surface area contributed by atoms with E-state index in [4.69, 9.17) is 4.74 Å². The highest BCUT2D eigenvalue weighted by molar-refractivity contribution is 7.89. The predicted molar refractivity (Wildman–Crippen MR) is 83.7 cm³/mol. The molecule has 0 aliphatic heterocycles. The van der Waals surface area contributed by atoms with Crippen LogP contribution in [0.15, 0.2) is 29.2 Å². The quantitative estimate of drug-likeness (QED) is 0.806. The largest absolute Gasteiger partial charge is 0.468 e. The number of hydrogen-bond acceptors (Lipinski definition) is 4. The number of nitrogens with one attached hydrogen (secondary N) is 1. The second kappa shape index (κ2) is 7.88. The number of sulfonamides is 1. The SMILES string of the molecule is COC(=O)C(CC1CCCCC1)NS(=O)(=O)c1cccc(F)c1. The van der Waals surface area contributed by atoms with Crippen molar-refractivity contribution in [2.45, 2.75) is 49.5 Å². The lowest BCUT2D eigenvalue weighted by Crippen LogP contribution is -2.42. The van der Waals surface area contributed by atoms with Gasteiger partial charge in [-0.05, 0) is 30.5 Å². The molecule has 0 bridgehead atoms. The molecule has 0 radical (unpaired) electrons. The number of benzene rings is 1. The Morgan fingerprint density at radius 1 is 1.35 bits per heavy atom. The van der Waals surface area contributed by atoms with Gasteiger partial charge >= 0.3 is 5.97 Å². The highest BCUT2D eigenvalue weighted by atomic mass is 32.2. The maximum absolute atomic E-state index is 13.2. The van der Waals surface area contributed by atoms with Crippen LogP contribution in [0.25, 0.3) is 0 Å². The first-order chi connectivity index (χ1) is 10.9. The lowest BCUT2D eigenvalue weighted by atomic mass is 9.85. The first kappa shape index (κ1) is 17.9. The number of carbonyl (C=O) groups excluding carboxylic acids is 1.